The predicted octanol–water partition coefficient (Wildman–Crippen LogP) is 3.37. The highest BCUT2D eigenvalue weighted by Gasteiger charge is 2.15. The molecule has 98 valence electrons. The van der Waals surface area contributed by atoms with Crippen LogP contribution in [-0.4, -0.2) is 17.0 Å². The van der Waals surface area contributed by atoms with Crippen molar-refractivity contribution in [1.82, 2.24) is 9.97 Å². The van der Waals surface area contributed by atoms with E-state index in [4.69, 9.17) is 4.98 Å². The zero-order valence-electron chi connectivity index (χ0n) is 11.5. The van der Waals surface area contributed by atoms with Crippen molar-refractivity contribution in [1.29, 1.82) is 0 Å². The standard InChI is InChI=1S/C16H19N3/c1-11-14-5-3-4-6-15(14)19-16(18-11)12-7-9-13(17-2)10-8-12/h7-10,17H,3-6H2,1-2H3. The van der Waals surface area contributed by atoms with Crippen LogP contribution in [0.1, 0.15) is 29.8 Å². The van der Waals surface area contributed by atoms with E-state index < -0.39 is 0 Å². The minimum atomic E-state index is 0.862. The lowest BCUT2D eigenvalue weighted by atomic mass is 9.95. The topological polar surface area (TPSA) is 37.8 Å². The molecule has 0 atom stereocenters. The first-order valence-electron chi connectivity index (χ1n) is 6.92. The molecule has 0 amide bonds. The van der Waals surface area contributed by atoms with Gasteiger partial charge in [-0.2, -0.15) is 0 Å². The van der Waals surface area contributed by atoms with Gasteiger partial charge in [0.2, 0.25) is 0 Å². The van der Waals surface area contributed by atoms with Crippen molar-refractivity contribution in [3.63, 3.8) is 0 Å². The van der Waals surface area contributed by atoms with Crippen molar-refractivity contribution in [3.05, 3.63) is 41.2 Å². The molecule has 1 aliphatic carbocycles. The summed E-state index contributed by atoms with van der Waals surface area (Å²) >= 11 is 0. The molecular weight excluding hydrogens is 234 g/mol. The average molecular weight is 253 g/mol. The third-order valence-electron chi connectivity index (χ3n) is 3.82. The molecule has 0 saturated carbocycles. The molecular formula is C16H19N3. The van der Waals surface area contributed by atoms with Crippen LogP contribution in [0.3, 0.4) is 0 Å². The van der Waals surface area contributed by atoms with Crippen LogP contribution >= 0.6 is 0 Å². The predicted molar refractivity (Wildman–Crippen MR) is 78.4 cm³/mol. The van der Waals surface area contributed by atoms with E-state index in [-0.39, 0.29) is 0 Å². The number of nitrogens with one attached hydrogen (secondary N) is 1. The van der Waals surface area contributed by atoms with Gasteiger partial charge in [-0.1, -0.05) is 0 Å². The van der Waals surface area contributed by atoms with Gasteiger partial charge < -0.3 is 5.32 Å². The van der Waals surface area contributed by atoms with Gasteiger partial charge in [-0.15, -0.1) is 0 Å². The maximum Gasteiger partial charge on any atom is 0.159 e. The largest absolute Gasteiger partial charge is 0.388 e. The number of hydrogen-bond donors (Lipinski definition) is 1. The van der Waals surface area contributed by atoms with Crippen molar-refractivity contribution in [2.75, 3.05) is 12.4 Å². The van der Waals surface area contributed by atoms with Gasteiger partial charge in [0, 0.05) is 29.7 Å². The lowest BCUT2D eigenvalue weighted by Gasteiger charge is -2.17. The Hall–Kier alpha value is -1.90. The van der Waals surface area contributed by atoms with Gasteiger partial charge in [0.05, 0.1) is 0 Å². The zero-order valence-corrected chi connectivity index (χ0v) is 11.5. The van der Waals surface area contributed by atoms with Gasteiger partial charge >= 0.3 is 0 Å². The van der Waals surface area contributed by atoms with Crippen LogP contribution in [0.4, 0.5) is 5.69 Å². The van der Waals surface area contributed by atoms with Gasteiger partial charge in [-0.3, -0.25) is 0 Å². The number of aromatic nitrogens is 2. The number of aryl methyl sites for hydroxylation is 2. The number of fused-ring (bicyclic) bond motifs is 1. The number of benzene rings is 1. The highest BCUT2D eigenvalue weighted by molar-refractivity contribution is 5.60. The van der Waals surface area contributed by atoms with Crippen molar-refractivity contribution < 1.29 is 0 Å². The molecule has 1 heterocycles. The fourth-order valence-corrected chi connectivity index (χ4v) is 2.70. The minimum absolute atomic E-state index is 0.862. The van der Waals surface area contributed by atoms with E-state index >= 15 is 0 Å². The summed E-state index contributed by atoms with van der Waals surface area (Å²) in [6.45, 7) is 2.11. The molecule has 1 aromatic heterocycles. The van der Waals surface area contributed by atoms with Gasteiger partial charge in [0.1, 0.15) is 0 Å². The molecule has 0 fully saturated rings. The van der Waals surface area contributed by atoms with E-state index in [1.807, 2.05) is 7.05 Å². The van der Waals surface area contributed by atoms with Crippen LogP contribution in [0.2, 0.25) is 0 Å². The summed E-state index contributed by atoms with van der Waals surface area (Å²) in [4.78, 5) is 9.45. The zero-order chi connectivity index (χ0) is 13.2. The molecule has 2 aromatic rings. The van der Waals surface area contributed by atoms with Crippen LogP contribution in [0.25, 0.3) is 11.4 Å². The maximum atomic E-state index is 4.77. The first kappa shape index (κ1) is 12.2. The summed E-state index contributed by atoms with van der Waals surface area (Å²) in [6.07, 6.45) is 4.76. The quantitative estimate of drug-likeness (QED) is 0.891. The van der Waals surface area contributed by atoms with Crippen LogP contribution in [0.5, 0.6) is 0 Å². The van der Waals surface area contributed by atoms with E-state index in [9.17, 15) is 0 Å². The van der Waals surface area contributed by atoms with Crippen LogP contribution in [0, 0.1) is 6.92 Å². The molecule has 3 rings (SSSR count). The summed E-state index contributed by atoms with van der Waals surface area (Å²) in [7, 11) is 1.93. The molecule has 1 aliphatic rings. The average Bonchev–Trinajstić information content (AvgIpc) is 2.47. The molecule has 0 unspecified atom stereocenters. The highest BCUT2D eigenvalue weighted by Crippen LogP contribution is 2.25. The molecule has 0 aliphatic heterocycles. The van der Waals surface area contributed by atoms with Crippen molar-refractivity contribution in [3.8, 4) is 11.4 Å². The van der Waals surface area contributed by atoms with Crippen LogP contribution in [-0.2, 0) is 12.8 Å². The number of hydrogen-bond acceptors (Lipinski definition) is 3. The highest BCUT2D eigenvalue weighted by atomic mass is 14.9. The second-order valence-corrected chi connectivity index (χ2v) is 5.09. The van der Waals surface area contributed by atoms with E-state index in [2.05, 4.69) is 41.5 Å². The minimum Gasteiger partial charge on any atom is -0.388 e. The van der Waals surface area contributed by atoms with Gasteiger partial charge in [0.15, 0.2) is 5.82 Å². The van der Waals surface area contributed by atoms with E-state index in [1.54, 1.807) is 0 Å². The van der Waals surface area contributed by atoms with Crippen LogP contribution in [0.15, 0.2) is 24.3 Å². The second kappa shape index (κ2) is 5.00. The Morgan fingerprint density at radius 1 is 1.00 bits per heavy atom. The van der Waals surface area contributed by atoms with Crippen molar-refractivity contribution in [2.24, 2.45) is 0 Å². The molecule has 0 saturated heterocycles. The fourth-order valence-electron chi connectivity index (χ4n) is 2.70. The first-order valence-corrected chi connectivity index (χ1v) is 6.92. The summed E-state index contributed by atoms with van der Waals surface area (Å²) in [5, 5.41) is 3.13. The molecule has 19 heavy (non-hydrogen) atoms. The third kappa shape index (κ3) is 2.33. The molecule has 1 N–H and O–H groups in total. The van der Waals surface area contributed by atoms with Gasteiger partial charge in [0.25, 0.3) is 0 Å². The Labute approximate surface area is 114 Å². The first-order chi connectivity index (χ1) is 9.28. The Morgan fingerprint density at radius 3 is 2.47 bits per heavy atom. The fraction of sp³-hybridized carbons (Fsp3) is 0.375. The van der Waals surface area contributed by atoms with E-state index in [1.165, 1.54) is 24.1 Å². The molecule has 0 bridgehead atoms. The molecule has 0 radical (unpaired) electrons. The Balaban J connectivity index is 2.02. The van der Waals surface area contributed by atoms with Crippen LogP contribution < -0.4 is 5.32 Å². The lowest BCUT2D eigenvalue weighted by Crippen LogP contribution is -2.10. The van der Waals surface area contributed by atoms with Crippen molar-refractivity contribution in [2.45, 2.75) is 32.6 Å². The molecule has 3 heteroatoms. The van der Waals surface area contributed by atoms with Gasteiger partial charge in [-0.25, -0.2) is 9.97 Å². The van der Waals surface area contributed by atoms with E-state index in [0.717, 1.165) is 35.6 Å². The second-order valence-electron chi connectivity index (χ2n) is 5.09. The Morgan fingerprint density at radius 2 is 1.74 bits per heavy atom. The summed E-state index contributed by atoms with van der Waals surface area (Å²) < 4.78 is 0. The number of anilines is 1. The number of nitrogens with zero attached hydrogens (tertiary/aromatic N) is 2. The SMILES string of the molecule is CNc1ccc(-c2nc(C)c3c(n2)CCCC3)cc1. The molecule has 3 nitrogen and oxygen atoms in total. The van der Waals surface area contributed by atoms with E-state index in [0.29, 0.717) is 0 Å². The summed E-state index contributed by atoms with van der Waals surface area (Å²) in [6, 6.07) is 8.28. The monoisotopic (exact) mass is 253 g/mol. The third-order valence-corrected chi connectivity index (χ3v) is 3.82. The Bertz CT molecular complexity index is 588. The van der Waals surface area contributed by atoms with Crippen molar-refractivity contribution >= 4 is 5.69 Å². The maximum absolute atomic E-state index is 4.77. The molecule has 0 spiro atoms. The smallest absolute Gasteiger partial charge is 0.159 e. The summed E-state index contributed by atoms with van der Waals surface area (Å²) in [5.41, 5.74) is 5.99. The summed E-state index contributed by atoms with van der Waals surface area (Å²) in [5.74, 6) is 0.862. The normalized spacial score (nSPS) is 14.0. The number of rotatable bonds is 2. The lowest BCUT2D eigenvalue weighted by molar-refractivity contribution is 0.658. The van der Waals surface area contributed by atoms with Gasteiger partial charge in [-0.05, 0) is 62.4 Å². The molecule has 1 aromatic carbocycles. The Kier molecular flexibility index (Phi) is 3.20.